The van der Waals surface area contributed by atoms with Gasteiger partial charge in [0.25, 0.3) is 0 Å². The van der Waals surface area contributed by atoms with E-state index in [0.717, 1.165) is 31.0 Å². The highest BCUT2D eigenvalue weighted by atomic mass is 32.2. The lowest BCUT2D eigenvalue weighted by Crippen LogP contribution is -2.19. The molecule has 0 saturated heterocycles. The number of fused-ring (bicyclic) bond motifs is 1. The summed E-state index contributed by atoms with van der Waals surface area (Å²) in [7, 11) is 1.73. The first-order chi connectivity index (χ1) is 9.31. The number of anilines is 1. The fourth-order valence-electron chi connectivity index (χ4n) is 2.52. The number of ether oxygens (including phenoxy) is 1. The van der Waals surface area contributed by atoms with Crippen LogP contribution in [0.5, 0.6) is 5.75 Å². The van der Waals surface area contributed by atoms with Crippen molar-refractivity contribution < 1.29 is 4.74 Å². The van der Waals surface area contributed by atoms with Gasteiger partial charge in [0.1, 0.15) is 5.75 Å². The Kier molecular flexibility index (Phi) is 3.38. The Morgan fingerprint density at radius 2 is 2.37 bits per heavy atom. The summed E-state index contributed by atoms with van der Waals surface area (Å²) in [5, 5.41) is 0. The van der Waals surface area contributed by atoms with Gasteiger partial charge in [-0.1, -0.05) is 0 Å². The first kappa shape index (κ1) is 12.4. The number of nitrogens with zero attached hydrogens (tertiary/aromatic N) is 2. The molecule has 1 aromatic carbocycles. The van der Waals surface area contributed by atoms with Gasteiger partial charge in [-0.25, -0.2) is 4.98 Å². The standard InChI is InChI=1S/C14H17N3OS/c1-18-13-5-10-3-4-17(8-11-7-15-9-16-11)12(10)6-14(13)19-2/h5-7,9H,3-4,8H2,1-2H3,(H,15,16). The minimum absolute atomic E-state index is 0.882. The van der Waals surface area contributed by atoms with Crippen LogP contribution in [0, 0.1) is 0 Å². The number of methoxy groups -OCH3 is 1. The summed E-state index contributed by atoms with van der Waals surface area (Å²) in [4.78, 5) is 10.8. The van der Waals surface area contributed by atoms with Crippen LogP contribution in [0.3, 0.4) is 0 Å². The SMILES string of the molecule is COc1cc2c(cc1SC)N(Cc1cnc[nH]1)CC2. The van der Waals surface area contributed by atoms with Gasteiger partial charge in [-0.05, 0) is 30.4 Å². The molecule has 19 heavy (non-hydrogen) atoms. The van der Waals surface area contributed by atoms with Crippen molar-refractivity contribution in [2.24, 2.45) is 0 Å². The molecule has 0 fully saturated rings. The summed E-state index contributed by atoms with van der Waals surface area (Å²) in [6.07, 6.45) is 6.78. The molecular weight excluding hydrogens is 258 g/mol. The van der Waals surface area contributed by atoms with Crippen molar-refractivity contribution >= 4 is 17.4 Å². The third-order valence-electron chi connectivity index (χ3n) is 3.49. The molecule has 1 N–H and O–H groups in total. The summed E-state index contributed by atoms with van der Waals surface area (Å²) < 4.78 is 5.45. The Morgan fingerprint density at radius 1 is 1.47 bits per heavy atom. The fraction of sp³-hybridized carbons (Fsp3) is 0.357. The molecule has 100 valence electrons. The Labute approximate surface area is 117 Å². The molecule has 1 aliphatic heterocycles. The lowest BCUT2D eigenvalue weighted by atomic mass is 10.1. The van der Waals surface area contributed by atoms with Gasteiger partial charge in [0.2, 0.25) is 0 Å². The van der Waals surface area contributed by atoms with E-state index >= 15 is 0 Å². The van der Waals surface area contributed by atoms with Crippen molar-refractivity contribution in [2.75, 3.05) is 24.8 Å². The van der Waals surface area contributed by atoms with Gasteiger partial charge in [-0.3, -0.25) is 0 Å². The zero-order valence-corrected chi connectivity index (χ0v) is 12.0. The van der Waals surface area contributed by atoms with E-state index in [-0.39, 0.29) is 0 Å². The lowest BCUT2D eigenvalue weighted by molar-refractivity contribution is 0.404. The molecule has 0 unspecified atom stereocenters. The second kappa shape index (κ2) is 5.17. The molecule has 0 bridgehead atoms. The van der Waals surface area contributed by atoms with Crippen LogP contribution >= 0.6 is 11.8 Å². The number of hydrogen-bond donors (Lipinski definition) is 1. The Morgan fingerprint density at radius 3 is 3.05 bits per heavy atom. The monoisotopic (exact) mass is 275 g/mol. The van der Waals surface area contributed by atoms with Gasteiger partial charge in [0, 0.05) is 18.4 Å². The second-order valence-electron chi connectivity index (χ2n) is 4.58. The summed E-state index contributed by atoms with van der Waals surface area (Å²) in [5.74, 6) is 0.981. The van der Waals surface area contributed by atoms with Crippen molar-refractivity contribution in [2.45, 2.75) is 17.9 Å². The molecule has 0 spiro atoms. The minimum Gasteiger partial charge on any atom is -0.496 e. The maximum atomic E-state index is 5.45. The van der Waals surface area contributed by atoms with Crippen molar-refractivity contribution in [3.63, 3.8) is 0 Å². The predicted octanol–water partition coefficient (Wildman–Crippen LogP) is 2.70. The number of benzene rings is 1. The molecule has 3 rings (SSSR count). The summed E-state index contributed by atoms with van der Waals surface area (Å²) in [5.41, 5.74) is 3.84. The molecule has 2 heterocycles. The normalized spacial score (nSPS) is 13.7. The fourth-order valence-corrected chi connectivity index (χ4v) is 3.09. The van der Waals surface area contributed by atoms with Gasteiger partial charge >= 0.3 is 0 Å². The molecule has 1 aliphatic rings. The van der Waals surface area contributed by atoms with E-state index in [0.29, 0.717) is 0 Å². The molecule has 0 amide bonds. The third kappa shape index (κ3) is 2.30. The molecule has 5 heteroatoms. The molecular formula is C14H17N3OS. The molecule has 1 aromatic heterocycles. The zero-order chi connectivity index (χ0) is 13.2. The number of aromatic nitrogens is 2. The first-order valence-electron chi connectivity index (χ1n) is 6.29. The largest absolute Gasteiger partial charge is 0.496 e. The van der Waals surface area contributed by atoms with E-state index < -0.39 is 0 Å². The van der Waals surface area contributed by atoms with E-state index in [2.05, 4.69) is 33.3 Å². The second-order valence-corrected chi connectivity index (χ2v) is 5.43. The summed E-state index contributed by atoms with van der Waals surface area (Å²) >= 11 is 1.72. The van der Waals surface area contributed by atoms with Crippen LogP contribution in [0.1, 0.15) is 11.3 Å². The quantitative estimate of drug-likeness (QED) is 0.871. The van der Waals surface area contributed by atoms with Crippen LogP contribution in [-0.2, 0) is 13.0 Å². The van der Waals surface area contributed by atoms with Crippen LogP contribution < -0.4 is 9.64 Å². The van der Waals surface area contributed by atoms with E-state index in [1.54, 1.807) is 25.2 Å². The van der Waals surface area contributed by atoms with Crippen molar-refractivity contribution in [1.82, 2.24) is 9.97 Å². The van der Waals surface area contributed by atoms with Crippen molar-refractivity contribution in [3.8, 4) is 5.75 Å². The molecule has 0 atom stereocenters. The van der Waals surface area contributed by atoms with Crippen LogP contribution in [0.15, 0.2) is 29.6 Å². The topological polar surface area (TPSA) is 41.1 Å². The number of H-pyrrole nitrogens is 1. The number of hydrogen-bond acceptors (Lipinski definition) is 4. The minimum atomic E-state index is 0.882. The number of thioether (sulfide) groups is 1. The Bertz CT molecular complexity index is 568. The van der Waals surface area contributed by atoms with Crippen LogP contribution in [0.4, 0.5) is 5.69 Å². The van der Waals surface area contributed by atoms with E-state index in [1.165, 1.54) is 16.1 Å². The number of imidazole rings is 1. The predicted molar refractivity (Wildman–Crippen MR) is 78.1 cm³/mol. The van der Waals surface area contributed by atoms with E-state index in [9.17, 15) is 0 Å². The van der Waals surface area contributed by atoms with E-state index in [4.69, 9.17) is 4.74 Å². The van der Waals surface area contributed by atoms with Gasteiger partial charge in [-0.2, -0.15) is 0 Å². The van der Waals surface area contributed by atoms with E-state index in [1.807, 2.05) is 6.20 Å². The van der Waals surface area contributed by atoms with Crippen LogP contribution in [0.2, 0.25) is 0 Å². The van der Waals surface area contributed by atoms with Gasteiger partial charge in [0.15, 0.2) is 0 Å². The summed E-state index contributed by atoms with van der Waals surface area (Å²) in [6.45, 7) is 1.93. The van der Waals surface area contributed by atoms with Crippen LogP contribution in [-0.4, -0.2) is 29.9 Å². The molecule has 0 radical (unpaired) electrons. The smallest absolute Gasteiger partial charge is 0.132 e. The summed E-state index contributed by atoms with van der Waals surface area (Å²) in [6, 6.07) is 4.41. The number of rotatable bonds is 4. The van der Waals surface area contributed by atoms with Gasteiger partial charge in [0.05, 0.1) is 30.6 Å². The molecule has 4 nitrogen and oxygen atoms in total. The number of aromatic amines is 1. The maximum Gasteiger partial charge on any atom is 0.132 e. The maximum absolute atomic E-state index is 5.45. The molecule has 0 aliphatic carbocycles. The Hall–Kier alpha value is -1.62. The highest BCUT2D eigenvalue weighted by Gasteiger charge is 2.22. The third-order valence-corrected chi connectivity index (χ3v) is 4.25. The zero-order valence-electron chi connectivity index (χ0n) is 11.1. The average Bonchev–Trinajstić information content (AvgIpc) is 3.08. The first-order valence-corrected chi connectivity index (χ1v) is 7.51. The Balaban J connectivity index is 1.91. The molecule has 0 saturated carbocycles. The van der Waals surface area contributed by atoms with Crippen LogP contribution in [0.25, 0.3) is 0 Å². The van der Waals surface area contributed by atoms with Gasteiger partial charge < -0.3 is 14.6 Å². The number of nitrogens with one attached hydrogen (secondary N) is 1. The van der Waals surface area contributed by atoms with Crippen molar-refractivity contribution in [3.05, 3.63) is 35.9 Å². The highest BCUT2D eigenvalue weighted by molar-refractivity contribution is 7.98. The highest BCUT2D eigenvalue weighted by Crippen LogP contribution is 2.38. The van der Waals surface area contributed by atoms with Gasteiger partial charge in [-0.15, -0.1) is 11.8 Å². The lowest BCUT2D eigenvalue weighted by Gasteiger charge is -2.19. The molecule has 2 aromatic rings. The average molecular weight is 275 g/mol. The van der Waals surface area contributed by atoms with Crippen molar-refractivity contribution in [1.29, 1.82) is 0 Å².